The Morgan fingerprint density at radius 2 is 1.33 bits per heavy atom. The van der Waals surface area contributed by atoms with Crippen molar-refractivity contribution in [3.63, 3.8) is 0 Å². The van der Waals surface area contributed by atoms with Gasteiger partial charge in [0.25, 0.3) is 0 Å². The van der Waals surface area contributed by atoms with Crippen LogP contribution in [0.2, 0.25) is 0 Å². The Hall–Kier alpha value is -3.26. The molecule has 1 atom stereocenters. The lowest BCUT2D eigenvalue weighted by atomic mass is 9.80. The van der Waals surface area contributed by atoms with E-state index in [4.69, 9.17) is 2.74 Å². The minimum atomic E-state index is -0.841. The number of nitrogens with zero attached hydrogens (tertiary/aromatic N) is 2. The molecule has 0 aliphatic heterocycles. The molecule has 2 heteroatoms. The number of rotatable bonds is 4. The molecule has 0 saturated heterocycles. The van der Waals surface area contributed by atoms with Gasteiger partial charge in [0.1, 0.15) is 0 Å². The topological polar surface area (TPSA) is 24.7 Å². The van der Waals surface area contributed by atoms with Crippen molar-refractivity contribution in [1.29, 1.82) is 0 Å². The standard InChI is InChI=1S/C25H22N2/c1-19-22-15-9-10-16-23(22)25(2,18-27-21-13-7-4-8-14-21)24(19)17-26-20-11-5-3-6-12-20/h3-18H,1-2H3/i17D,18D. The third-order valence-corrected chi connectivity index (χ3v) is 4.96. The summed E-state index contributed by atoms with van der Waals surface area (Å²) in [6.07, 6.45) is 0.372. The van der Waals surface area contributed by atoms with E-state index in [2.05, 4.69) is 9.98 Å². The number of hydrogen-bond donors (Lipinski definition) is 0. The normalized spacial score (nSPS) is 21.0. The monoisotopic (exact) mass is 352 g/mol. The molecule has 0 aromatic heterocycles. The molecule has 4 rings (SSSR count). The number of fused-ring (bicyclic) bond motifs is 1. The van der Waals surface area contributed by atoms with Gasteiger partial charge in [0.15, 0.2) is 0 Å². The van der Waals surface area contributed by atoms with Gasteiger partial charge in [-0.25, -0.2) is 0 Å². The van der Waals surface area contributed by atoms with Crippen LogP contribution < -0.4 is 0 Å². The molecule has 0 spiro atoms. The van der Waals surface area contributed by atoms with Crippen molar-refractivity contribution < 1.29 is 2.74 Å². The second-order valence-corrected chi connectivity index (χ2v) is 6.79. The summed E-state index contributed by atoms with van der Waals surface area (Å²) in [6.45, 7) is 3.98. The number of allylic oxidation sites excluding steroid dienone is 2. The van der Waals surface area contributed by atoms with E-state index >= 15 is 0 Å². The zero-order chi connectivity index (χ0) is 20.4. The highest BCUT2D eigenvalue weighted by molar-refractivity contribution is 6.06. The minimum Gasteiger partial charge on any atom is -0.260 e. The Morgan fingerprint density at radius 1 is 0.778 bits per heavy atom. The molecule has 2 nitrogen and oxygen atoms in total. The average Bonchev–Trinajstić information content (AvgIpc) is 2.98. The Kier molecular flexibility index (Phi) is 3.94. The molecular weight excluding hydrogens is 328 g/mol. The van der Waals surface area contributed by atoms with Crippen LogP contribution in [0.25, 0.3) is 5.57 Å². The van der Waals surface area contributed by atoms with Crippen LogP contribution in [0.3, 0.4) is 0 Å². The first-order valence-corrected chi connectivity index (χ1v) is 9.04. The van der Waals surface area contributed by atoms with E-state index in [0.717, 1.165) is 33.6 Å². The first-order valence-electron chi connectivity index (χ1n) is 10.0. The van der Waals surface area contributed by atoms with E-state index < -0.39 is 5.41 Å². The predicted octanol–water partition coefficient (Wildman–Crippen LogP) is 6.54. The fraction of sp³-hybridized carbons (Fsp3) is 0.120. The molecule has 3 aromatic carbocycles. The summed E-state index contributed by atoms with van der Waals surface area (Å²) in [5.74, 6) is 0. The molecule has 1 unspecified atom stereocenters. The fourth-order valence-electron chi connectivity index (χ4n) is 3.50. The quantitative estimate of drug-likeness (QED) is 0.477. The summed E-state index contributed by atoms with van der Waals surface area (Å²) >= 11 is 0. The largest absolute Gasteiger partial charge is 0.260 e. The van der Waals surface area contributed by atoms with E-state index in [9.17, 15) is 0 Å². The molecule has 0 amide bonds. The Morgan fingerprint density at radius 3 is 2.00 bits per heavy atom. The van der Waals surface area contributed by atoms with Gasteiger partial charge in [-0.2, -0.15) is 0 Å². The van der Waals surface area contributed by atoms with Gasteiger partial charge in [0.05, 0.1) is 19.5 Å². The zero-order valence-electron chi connectivity index (χ0n) is 17.5. The van der Waals surface area contributed by atoms with Gasteiger partial charge in [0, 0.05) is 12.4 Å². The van der Waals surface area contributed by atoms with Crippen molar-refractivity contribution in [2.75, 3.05) is 0 Å². The third-order valence-electron chi connectivity index (χ3n) is 4.96. The molecule has 27 heavy (non-hydrogen) atoms. The van der Waals surface area contributed by atoms with Crippen LogP contribution in [0.1, 0.15) is 27.7 Å². The van der Waals surface area contributed by atoms with Crippen LogP contribution in [-0.4, -0.2) is 12.4 Å². The number of benzene rings is 3. The molecular formula is C25H22N2. The fourth-order valence-corrected chi connectivity index (χ4v) is 3.50. The third kappa shape index (κ3) is 3.26. The lowest BCUT2D eigenvalue weighted by molar-refractivity contribution is 0.823. The van der Waals surface area contributed by atoms with Crippen molar-refractivity contribution in [1.82, 2.24) is 0 Å². The summed E-state index contributed by atoms with van der Waals surface area (Å²) in [5, 5.41) is 0. The van der Waals surface area contributed by atoms with E-state index in [0.29, 0.717) is 0 Å². The molecule has 0 fully saturated rings. The molecule has 0 saturated carbocycles. The summed E-state index contributed by atoms with van der Waals surface area (Å²) in [7, 11) is 0. The number of aliphatic imine (C=N–C) groups is 2. The van der Waals surface area contributed by atoms with Crippen molar-refractivity contribution in [2.45, 2.75) is 19.3 Å². The molecule has 132 valence electrons. The Labute approximate surface area is 163 Å². The van der Waals surface area contributed by atoms with E-state index in [1.807, 2.05) is 98.8 Å². The van der Waals surface area contributed by atoms with Crippen molar-refractivity contribution in [2.24, 2.45) is 9.98 Å². The SMILES string of the molecule is [2H]C(=Nc1ccccc1)C1=C(C)c2ccccc2C1(C)C([2H])=Nc1ccccc1. The summed E-state index contributed by atoms with van der Waals surface area (Å²) in [4.78, 5) is 9.14. The number of hydrogen-bond acceptors (Lipinski definition) is 2. The maximum Gasteiger partial charge on any atom is 0.0844 e. The highest BCUT2D eigenvalue weighted by Crippen LogP contribution is 2.44. The molecule has 0 heterocycles. The van der Waals surface area contributed by atoms with Crippen LogP contribution >= 0.6 is 0 Å². The number of para-hydroxylation sites is 2. The second kappa shape index (κ2) is 7.16. The van der Waals surface area contributed by atoms with E-state index in [1.165, 1.54) is 0 Å². The second-order valence-electron chi connectivity index (χ2n) is 6.79. The van der Waals surface area contributed by atoms with Crippen molar-refractivity contribution >= 4 is 29.3 Å². The average molecular weight is 352 g/mol. The van der Waals surface area contributed by atoms with Gasteiger partial charge in [-0.05, 0) is 60.4 Å². The Balaban J connectivity index is 1.90. The smallest absolute Gasteiger partial charge is 0.0844 e. The summed E-state index contributed by atoms with van der Waals surface area (Å²) in [5.41, 5.74) is 4.35. The molecule has 1 aliphatic carbocycles. The lowest BCUT2D eigenvalue weighted by Gasteiger charge is -2.23. The predicted molar refractivity (Wildman–Crippen MR) is 116 cm³/mol. The summed E-state index contributed by atoms with van der Waals surface area (Å²) < 4.78 is 17.7. The van der Waals surface area contributed by atoms with E-state index in [-0.39, 0.29) is 12.4 Å². The Bertz CT molecular complexity index is 1130. The molecule has 3 aromatic rings. The van der Waals surface area contributed by atoms with E-state index in [1.54, 1.807) is 0 Å². The highest BCUT2D eigenvalue weighted by Gasteiger charge is 2.37. The first kappa shape index (κ1) is 14.9. The molecule has 0 N–H and O–H groups in total. The van der Waals surface area contributed by atoms with Gasteiger partial charge in [-0.3, -0.25) is 9.98 Å². The first-order chi connectivity index (χ1) is 14.0. The maximum atomic E-state index is 8.91. The minimum absolute atomic E-state index is 0.167. The van der Waals surface area contributed by atoms with Gasteiger partial charge < -0.3 is 0 Å². The molecule has 0 radical (unpaired) electrons. The lowest BCUT2D eigenvalue weighted by Crippen LogP contribution is -2.25. The maximum absolute atomic E-state index is 8.91. The van der Waals surface area contributed by atoms with Gasteiger partial charge in [-0.15, -0.1) is 0 Å². The van der Waals surface area contributed by atoms with Crippen LogP contribution in [0, 0.1) is 0 Å². The van der Waals surface area contributed by atoms with Gasteiger partial charge in [0.2, 0.25) is 0 Å². The van der Waals surface area contributed by atoms with Crippen LogP contribution in [-0.2, 0) is 5.41 Å². The van der Waals surface area contributed by atoms with Crippen molar-refractivity contribution in [3.05, 3.63) is 102 Å². The van der Waals surface area contributed by atoms with Crippen LogP contribution in [0.4, 0.5) is 11.4 Å². The van der Waals surface area contributed by atoms with Crippen LogP contribution in [0.5, 0.6) is 0 Å². The molecule has 1 aliphatic rings. The summed E-state index contributed by atoms with van der Waals surface area (Å²) in [6, 6.07) is 27.0. The van der Waals surface area contributed by atoms with Crippen molar-refractivity contribution in [3.8, 4) is 0 Å². The van der Waals surface area contributed by atoms with Gasteiger partial charge >= 0.3 is 0 Å². The molecule has 0 bridgehead atoms. The van der Waals surface area contributed by atoms with Crippen LogP contribution in [0.15, 0.2) is 100 Å². The highest BCUT2D eigenvalue weighted by atomic mass is 14.8. The zero-order valence-corrected chi connectivity index (χ0v) is 15.5. The van der Waals surface area contributed by atoms with Gasteiger partial charge in [-0.1, -0.05) is 60.7 Å².